The van der Waals surface area contributed by atoms with Gasteiger partial charge in [-0.05, 0) is 19.0 Å². The van der Waals surface area contributed by atoms with Crippen LogP contribution in [0.3, 0.4) is 0 Å². The average Bonchev–Trinajstić information content (AvgIpc) is 2.90. The number of aryl methyl sites for hydroxylation is 1. The summed E-state index contributed by atoms with van der Waals surface area (Å²) in [6.07, 6.45) is 0.398. The van der Waals surface area contributed by atoms with Gasteiger partial charge in [-0.15, -0.1) is 10.2 Å². The molecule has 0 fully saturated rings. The molecule has 0 aliphatic carbocycles. The summed E-state index contributed by atoms with van der Waals surface area (Å²) >= 11 is 1.35. The highest BCUT2D eigenvalue weighted by Gasteiger charge is 2.38. The van der Waals surface area contributed by atoms with Crippen molar-refractivity contribution in [1.29, 1.82) is 0 Å². The Hall–Kier alpha value is -1.86. The van der Waals surface area contributed by atoms with Crippen LogP contribution in [0, 0.1) is 6.92 Å². The summed E-state index contributed by atoms with van der Waals surface area (Å²) in [5.74, 6) is 0.140. The number of hydrogen-bond acceptors (Lipinski definition) is 6. The minimum absolute atomic E-state index is 0.398. The first kappa shape index (κ1) is 15.5. The van der Waals surface area contributed by atoms with Gasteiger partial charge in [0, 0.05) is 12.7 Å². The normalized spacial score (nSPS) is 13.8. The monoisotopic (exact) mass is 307 g/mol. The number of aromatic nitrogens is 2. The molecule has 1 atom stereocenters. The summed E-state index contributed by atoms with van der Waals surface area (Å²) in [6.45, 7) is 1.72. The van der Waals surface area contributed by atoms with Gasteiger partial charge in [-0.1, -0.05) is 42.1 Å². The van der Waals surface area contributed by atoms with E-state index in [2.05, 4.69) is 15.5 Å². The van der Waals surface area contributed by atoms with Crippen molar-refractivity contribution in [2.24, 2.45) is 0 Å². The number of likely N-dealkylation sites (N-methyl/N-ethyl adjacent to an activating group) is 1. The summed E-state index contributed by atoms with van der Waals surface area (Å²) in [6, 6.07) is 9.15. The zero-order valence-corrected chi connectivity index (χ0v) is 12.7. The molecule has 0 aliphatic heterocycles. The Morgan fingerprint density at radius 2 is 2.10 bits per heavy atom. The molecule has 1 heterocycles. The second kappa shape index (κ2) is 6.73. The third kappa shape index (κ3) is 3.43. The smallest absolute Gasteiger partial charge is 0.328 e. The summed E-state index contributed by atoms with van der Waals surface area (Å²) in [5, 5.41) is 20.7. The van der Waals surface area contributed by atoms with Crippen LogP contribution >= 0.6 is 11.8 Å². The third-order valence-electron chi connectivity index (χ3n) is 3.27. The standard InChI is InChI=1S/C14H17N3O3S/c1-10-16-17-13(20-10)21-9-8-14(15-2,12(18)19)11-6-4-3-5-7-11/h3-7,15H,8-9H2,1-2H3,(H,18,19). The molecule has 6 nitrogen and oxygen atoms in total. The first-order valence-corrected chi connectivity index (χ1v) is 7.48. The highest BCUT2D eigenvalue weighted by atomic mass is 32.2. The average molecular weight is 307 g/mol. The van der Waals surface area contributed by atoms with Crippen LogP contribution in [0.15, 0.2) is 40.0 Å². The molecular weight excluding hydrogens is 290 g/mol. The molecule has 0 saturated carbocycles. The van der Waals surface area contributed by atoms with Crippen LogP contribution in [0.5, 0.6) is 0 Å². The van der Waals surface area contributed by atoms with Gasteiger partial charge in [0.15, 0.2) is 0 Å². The van der Waals surface area contributed by atoms with Crippen molar-refractivity contribution < 1.29 is 14.3 Å². The minimum Gasteiger partial charge on any atom is -0.480 e. The topological polar surface area (TPSA) is 88.3 Å². The van der Waals surface area contributed by atoms with Gasteiger partial charge in [-0.3, -0.25) is 0 Å². The molecule has 0 spiro atoms. The minimum atomic E-state index is -1.12. The number of carboxylic acid groups (broad SMARTS) is 1. The van der Waals surface area contributed by atoms with Crippen LogP contribution in [-0.2, 0) is 10.3 Å². The van der Waals surface area contributed by atoms with E-state index in [0.717, 1.165) is 5.56 Å². The molecule has 0 bridgehead atoms. The molecule has 21 heavy (non-hydrogen) atoms. The van der Waals surface area contributed by atoms with E-state index in [1.165, 1.54) is 11.8 Å². The van der Waals surface area contributed by atoms with Gasteiger partial charge < -0.3 is 14.8 Å². The van der Waals surface area contributed by atoms with E-state index in [1.54, 1.807) is 14.0 Å². The number of aliphatic carboxylic acids is 1. The van der Waals surface area contributed by atoms with Crippen LogP contribution in [0.25, 0.3) is 0 Å². The molecule has 1 aromatic heterocycles. The highest BCUT2D eigenvalue weighted by Crippen LogP contribution is 2.28. The lowest BCUT2D eigenvalue weighted by molar-refractivity contribution is -0.145. The van der Waals surface area contributed by atoms with Crippen molar-refractivity contribution in [1.82, 2.24) is 15.5 Å². The Morgan fingerprint density at radius 1 is 1.38 bits per heavy atom. The van der Waals surface area contributed by atoms with Crippen LogP contribution < -0.4 is 5.32 Å². The molecule has 0 radical (unpaired) electrons. The predicted octanol–water partition coefficient (Wildman–Crippen LogP) is 2.06. The molecule has 0 aliphatic rings. The molecule has 7 heteroatoms. The van der Waals surface area contributed by atoms with Crippen molar-refractivity contribution in [2.75, 3.05) is 12.8 Å². The lowest BCUT2D eigenvalue weighted by Gasteiger charge is -2.29. The first-order valence-electron chi connectivity index (χ1n) is 6.49. The van der Waals surface area contributed by atoms with Crippen molar-refractivity contribution in [2.45, 2.75) is 24.1 Å². The van der Waals surface area contributed by atoms with Crippen LogP contribution in [0.2, 0.25) is 0 Å². The molecule has 0 amide bonds. The molecule has 2 rings (SSSR count). The lowest BCUT2D eigenvalue weighted by atomic mass is 9.87. The van der Waals surface area contributed by atoms with Gasteiger partial charge in [0.2, 0.25) is 5.89 Å². The quantitative estimate of drug-likeness (QED) is 0.757. The van der Waals surface area contributed by atoms with E-state index < -0.39 is 11.5 Å². The van der Waals surface area contributed by atoms with Crippen molar-refractivity contribution in [3.8, 4) is 0 Å². The number of carboxylic acids is 1. The van der Waals surface area contributed by atoms with Crippen LogP contribution in [0.4, 0.5) is 0 Å². The van der Waals surface area contributed by atoms with Crippen LogP contribution in [0.1, 0.15) is 17.9 Å². The Kier molecular flexibility index (Phi) is 4.98. The van der Waals surface area contributed by atoms with Crippen molar-refractivity contribution >= 4 is 17.7 Å². The predicted molar refractivity (Wildman–Crippen MR) is 79.2 cm³/mol. The number of nitrogens with one attached hydrogen (secondary N) is 1. The summed E-state index contributed by atoms with van der Waals surface area (Å²) in [4.78, 5) is 11.8. The van der Waals surface area contributed by atoms with E-state index in [1.807, 2.05) is 30.3 Å². The summed E-state index contributed by atoms with van der Waals surface area (Å²) < 4.78 is 5.27. The Balaban J connectivity index is 2.12. The number of thioether (sulfide) groups is 1. The van der Waals surface area contributed by atoms with Gasteiger partial charge in [-0.2, -0.15) is 0 Å². The lowest BCUT2D eigenvalue weighted by Crippen LogP contribution is -2.47. The third-order valence-corrected chi connectivity index (χ3v) is 4.09. The van der Waals surface area contributed by atoms with Gasteiger partial charge in [-0.25, -0.2) is 4.79 Å². The fourth-order valence-electron chi connectivity index (χ4n) is 2.10. The fraction of sp³-hybridized carbons (Fsp3) is 0.357. The molecule has 1 unspecified atom stereocenters. The SMILES string of the molecule is CNC(CCSc1nnc(C)o1)(C(=O)O)c1ccccc1. The molecule has 2 N–H and O–H groups in total. The second-order valence-corrected chi connectivity index (χ2v) is 5.56. The maximum Gasteiger partial charge on any atom is 0.328 e. The number of hydrogen-bond donors (Lipinski definition) is 2. The number of nitrogens with zero attached hydrogens (tertiary/aromatic N) is 2. The maximum atomic E-state index is 11.8. The fourth-order valence-corrected chi connectivity index (χ4v) is 2.96. The zero-order chi connectivity index (χ0) is 15.3. The van der Waals surface area contributed by atoms with Gasteiger partial charge in [0.05, 0.1) is 0 Å². The van der Waals surface area contributed by atoms with Gasteiger partial charge in [0.1, 0.15) is 5.54 Å². The maximum absolute atomic E-state index is 11.8. The Morgan fingerprint density at radius 3 is 2.62 bits per heavy atom. The zero-order valence-electron chi connectivity index (χ0n) is 11.9. The van der Waals surface area contributed by atoms with Crippen molar-refractivity contribution in [3.05, 3.63) is 41.8 Å². The van der Waals surface area contributed by atoms with E-state index in [9.17, 15) is 9.90 Å². The number of carbonyl (C=O) groups is 1. The first-order chi connectivity index (χ1) is 10.1. The largest absolute Gasteiger partial charge is 0.480 e. The van der Waals surface area contributed by atoms with E-state index in [-0.39, 0.29) is 0 Å². The number of rotatable bonds is 7. The molecular formula is C14H17N3O3S. The molecule has 112 valence electrons. The summed E-state index contributed by atoms with van der Waals surface area (Å²) in [5.41, 5.74) is -0.397. The van der Waals surface area contributed by atoms with Crippen LogP contribution in [-0.4, -0.2) is 34.1 Å². The van der Waals surface area contributed by atoms with E-state index in [4.69, 9.17) is 4.42 Å². The van der Waals surface area contributed by atoms with E-state index in [0.29, 0.717) is 23.3 Å². The van der Waals surface area contributed by atoms with Crippen molar-refractivity contribution in [3.63, 3.8) is 0 Å². The van der Waals surface area contributed by atoms with E-state index >= 15 is 0 Å². The Bertz CT molecular complexity index is 603. The molecule has 0 saturated heterocycles. The number of benzene rings is 1. The second-order valence-electron chi connectivity index (χ2n) is 4.51. The molecule has 2 aromatic rings. The Labute approximate surface area is 127 Å². The molecule has 1 aromatic carbocycles. The summed E-state index contributed by atoms with van der Waals surface area (Å²) in [7, 11) is 1.66. The van der Waals surface area contributed by atoms with Gasteiger partial charge in [0.25, 0.3) is 5.22 Å². The van der Waals surface area contributed by atoms with Gasteiger partial charge >= 0.3 is 5.97 Å². The highest BCUT2D eigenvalue weighted by molar-refractivity contribution is 7.99.